The zero-order valence-corrected chi connectivity index (χ0v) is 16.0. The van der Waals surface area contributed by atoms with Crippen molar-refractivity contribution in [3.63, 3.8) is 0 Å². The summed E-state index contributed by atoms with van der Waals surface area (Å²) in [6, 6.07) is 27.9. The highest BCUT2D eigenvalue weighted by Crippen LogP contribution is 2.35. The van der Waals surface area contributed by atoms with Gasteiger partial charge in [0, 0.05) is 32.3 Å². The third-order valence-electron chi connectivity index (χ3n) is 5.48. The summed E-state index contributed by atoms with van der Waals surface area (Å²) in [6.45, 7) is -2.29. The van der Waals surface area contributed by atoms with Crippen LogP contribution in [0.5, 0.6) is 0 Å². The summed E-state index contributed by atoms with van der Waals surface area (Å²) in [4.78, 5) is 8.87. The molecule has 0 amide bonds. The van der Waals surface area contributed by atoms with Crippen molar-refractivity contribution >= 4 is 32.8 Å². The monoisotopic (exact) mass is 389 g/mol. The number of rotatable bonds is 2. The lowest BCUT2D eigenvalue weighted by Gasteiger charge is -2.07. The van der Waals surface area contributed by atoms with Gasteiger partial charge in [-0.1, -0.05) is 48.5 Å². The topological polar surface area (TPSA) is 38.9 Å². The fraction of sp³-hybridized carbons (Fsp3) is 0.0370. The maximum absolute atomic E-state index is 7.63. The number of fused-ring (bicyclic) bond motifs is 4. The molecule has 3 aromatic carbocycles. The Balaban J connectivity index is 1.50. The average Bonchev–Trinajstić information content (AvgIpc) is 3.21. The molecule has 3 heterocycles. The average molecular weight is 389 g/mol. The van der Waals surface area contributed by atoms with Gasteiger partial charge in [-0.25, -0.2) is 4.98 Å². The highest BCUT2D eigenvalue weighted by atomic mass is 16.3. The number of pyridine rings is 2. The fourth-order valence-corrected chi connectivity index (χ4v) is 4.01. The van der Waals surface area contributed by atoms with Gasteiger partial charge in [-0.2, -0.15) is 0 Å². The standard InChI is InChI=1S/C27H18N2O/c1-17-9-12-23-22-7-4-8-24(26(22)30-27(23)29-17)25-16-21(13-14-28-25)20-11-10-18-5-2-3-6-19(18)15-20/h2-16H,1H3/i1D3. The second-order valence-electron chi connectivity index (χ2n) is 7.33. The number of furan rings is 1. The van der Waals surface area contributed by atoms with E-state index in [2.05, 4.69) is 40.3 Å². The number of benzene rings is 3. The summed E-state index contributed by atoms with van der Waals surface area (Å²) in [7, 11) is 0. The fourth-order valence-electron chi connectivity index (χ4n) is 4.01. The summed E-state index contributed by atoms with van der Waals surface area (Å²) in [5.41, 5.74) is 4.76. The van der Waals surface area contributed by atoms with Crippen molar-refractivity contribution in [1.82, 2.24) is 9.97 Å². The van der Waals surface area contributed by atoms with Crippen LogP contribution in [0.15, 0.2) is 95.5 Å². The van der Waals surface area contributed by atoms with Crippen LogP contribution < -0.4 is 0 Å². The zero-order valence-electron chi connectivity index (χ0n) is 19.0. The Bertz CT molecular complexity index is 1670. The second-order valence-corrected chi connectivity index (χ2v) is 7.33. The van der Waals surface area contributed by atoms with Gasteiger partial charge in [0.25, 0.3) is 0 Å². The third kappa shape index (κ3) is 2.67. The summed E-state index contributed by atoms with van der Waals surface area (Å²) in [6.07, 6.45) is 1.80. The molecule has 30 heavy (non-hydrogen) atoms. The van der Waals surface area contributed by atoms with Gasteiger partial charge in [0.2, 0.25) is 5.71 Å². The predicted molar refractivity (Wildman–Crippen MR) is 122 cm³/mol. The van der Waals surface area contributed by atoms with E-state index in [1.165, 1.54) is 16.8 Å². The van der Waals surface area contributed by atoms with Crippen molar-refractivity contribution in [3.05, 3.63) is 96.8 Å². The molecule has 0 aliphatic carbocycles. The minimum absolute atomic E-state index is 0.0204. The van der Waals surface area contributed by atoms with Crippen molar-refractivity contribution in [2.45, 2.75) is 6.85 Å². The van der Waals surface area contributed by atoms with Crippen LogP contribution in [0.3, 0.4) is 0 Å². The Labute approximate surface area is 177 Å². The SMILES string of the molecule is [2H]C([2H])([2H])c1ccc2c(n1)oc1c(-c3cc(-c4ccc5ccccc5c4)ccn3)cccc12. The third-order valence-corrected chi connectivity index (χ3v) is 5.48. The van der Waals surface area contributed by atoms with Crippen LogP contribution in [-0.2, 0) is 0 Å². The molecule has 0 unspecified atom stereocenters. The summed E-state index contributed by atoms with van der Waals surface area (Å²) >= 11 is 0. The Hall–Kier alpha value is -3.98. The quantitative estimate of drug-likeness (QED) is 0.315. The van der Waals surface area contributed by atoms with Gasteiger partial charge in [0.1, 0.15) is 5.58 Å². The van der Waals surface area contributed by atoms with Gasteiger partial charge < -0.3 is 4.42 Å². The molecule has 3 heteroatoms. The van der Waals surface area contributed by atoms with E-state index in [0.717, 1.165) is 33.2 Å². The molecule has 0 spiro atoms. The van der Waals surface area contributed by atoms with Crippen molar-refractivity contribution in [2.75, 3.05) is 0 Å². The van der Waals surface area contributed by atoms with Crippen molar-refractivity contribution in [1.29, 1.82) is 0 Å². The molecule has 0 bridgehead atoms. The number of aryl methyl sites for hydroxylation is 1. The molecule has 0 radical (unpaired) electrons. The lowest BCUT2D eigenvalue weighted by atomic mass is 9.99. The Kier molecular flexibility index (Phi) is 3.06. The molecule has 0 saturated carbocycles. The van der Waals surface area contributed by atoms with Gasteiger partial charge in [0.05, 0.1) is 5.69 Å². The second kappa shape index (κ2) is 6.53. The van der Waals surface area contributed by atoms with E-state index in [1.807, 2.05) is 42.5 Å². The minimum Gasteiger partial charge on any atom is -0.437 e. The molecule has 0 saturated heterocycles. The highest BCUT2D eigenvalue weighted by molar-refractivity contribution is 6.08. The van der Waals surface area contributed by atoms with Crippen molar-refractivity contribution in [2.24, 2.45) is 0 Å². The molecule has 142 valence electrons. The van der Waals surface area contributed by atoms with E-state index < -0.39 is 6.85 Å². The molecule has 0 fully saturated rings. The molecule has 3 nitrogen and oxygen atoms in total. The normalized spacial score (nSPS) is 13.4. The Morgan fingerprint density at radius 2 is 1.67 bits per heavy atom. The smallest absolute Gasteiger partial charge is 0.227 e. The maximum atomic E-state index is 7.63. The van der Waals surface area contributed by atoms with Crippen LogP contribution in [0.4, 0.5) is 0 Å². The first-order valence-electron chi connectivity index (χ1n) is 11.3. The number of para-hydroxylation sites is 1. The highest BCUT2D eigenvalue weighted by Gasteiger charge is 2.14. The molecule has 6 aromatic rings. The van der Waals surface area contributed by atoms with Crippen LogP contribution in [0, 0.1) is 6.85 Å². The van der Waals surface area contributed by atoms with Gasteiger partial charge >= 0.3 is 0 Å². The molecular formula is C27H18N2O. The first-order valence-corrected chi connectivity index (χ1v) is 9.76. The first kappa shape index (κ1) is 14.1. The lowest BCUT2D eigenvalue weighted by Crippen LogP contribution is -1.86. The number of nitrogens with zero attached hydrogens (tertiary/aromatic N) is 2. The molecule has 0 atom stereocenters. The molecule has 0 aliphatic heterocycles. The van der Waals surface area contributed by atoms with Crippen LogP contribution in [0.1, 0.15) is 9.81 Å². The Morgan fingerprint density at radius 3 is 2.60 bits per heavy atom. The predicted octanol–water partition coefficient (Wildman–Crippen LogP) is 7.17. The zero-order chi connectivity index (χ0) is 22.6. The van der Waals surface area contributed by atoms with Gasteiger partial charge in [-0.15, -0.1) is 0 Å². The molecule has 0 N–H and O–H groups in total. The maximum Gasteiger partial charge on any atom is 0.227 e. The van der Waals surface area contributed by atoms with Crippen molar-refractivity contribution in [3.8, 4) is 22.4 Å². The van der Waals surface area contributed by atoms with Gasteiger partial charge in [-0.3, -0.25) is 4.98 Å². The van der Waals surface area contributed by atoms with E-state index in [4.69, 9.17) is 8.53 Å². The van der Waals surface area contributed by atoms with Crippen LogP contribution in [-0.4, -0.2) is 9.97 Å². The van der Waals surface area contributed by atoms with Crippen molar-refractivity contribution < 1.29 is 8.53 Å². The van der Waals surface area contributed by atoms with E-state index >= 15 is 0 Å². The molecule has 3 aromatic heterocycles. The number of hydrogen-bond acceptors (Lipinski definition) is 3. The lowest BCUT2D eigenvalue weighted by molar-refractivity contribution is 0.653. The largest absolute Gasteiger partial charge is 0.437 e. The van der Waals surface area contributed by atoms with Crippen LogP contribution in [0.2, 0.25) is 0 Å². The van der Waals surface area contributed by atoms with E-state index in [9.17, 15) is 0 Å². The van der Waals surface area contributed by atoms with Gasteiger partial charge in [-0.05, 0) is 65.1 Å². The summed E-state index contributed by atoms with van der Waals surface area (Å²) < 4.78 is 29.0. The number of hydrogen-bond donors (Lipinski definition) is 0. The van der Waals surface area contributed by atoms with Crippen LogP contribution in [0.25, 0.3) is 55.2 Å². The summed E-state index contributed by atoms with van der Waals surface area (Å²) in [5.74, 6) is 0. The molecule has 6 rings (SSSR count). The van der Waals surface area contributed by atoms with Crippen LogP contribution >= 0.6 is 0 Å². The van der Waals surface area contributed by atoms with E-state index in [-0.39, 0.29) is 5.69 Å². The molecule has 0 aliphatic rings. The molecular weight excluding hydrogens is 368 g/mol. The number of aromatic nitrogens is 2. The Morgan fingerprint density at radius 1 is 0.767 bits per heavy atom. The van der Waals surface area contributed by atoms with E-state index in [1.54, 1.807) is 12.3 Å². The van der Waals surface area contributed by atoms with Gasteiger partial charge in [0.15, 0.2) is 0 Å². The minimum atomic E-state index is -2.29. The van der Waals surface area contributed by atoms with E-state index in [0.29, 0.717) is 11.3 Å². The first-order chi connectivity index (χ1) is 16.0. The summed E-state index contributed by atoms with van der Waals surface area (Å²) in [5, 5.41) is 4.05.